The fourth-order valence-electron chi connectivity index (χ4n) is 2.80. The van der Waals surface area contributed by atoms with Crippen molar-refractivity contribution in [2.24, 2.45) is 0 Å². The first-order chi connectivity index (χ1) is 8.34. The average Bonchev–Trinajstić information content (AvgIpc) is 2.92. The van der Waals surface area contributed by atoms with Crippen LogP contribution in [0.1, 0.15) is 22.0 Å². The molecule has 0 aliphatic carbocycles. The number of hydrogen-bond donors (Lipinski definition) is 1. The second kappa shape index (κ2) is 3.13. The van der Waals surface area contributed by atoms with E-state index in [1.165, 1.54) is 0 Å². The first-order valence-corrected chi connectivity index (χ1v) is 5.80. The molecular formula is C12H12N2O3. The summed E-state index contributed by atoms with van der Waals surface area (Å²) in [6.45, 7) is 2.70. The summed E-state index contributed by atoms with van der Waals surface area (Å²) in [5, 5.41) is 3.32. The van der Waals surface area contributed by atoms with E-state index in [9.17, 15) is 4.79 Å². The van der Waals surface area contributed by atoms with Crippen molar-refractivity contribution < 1.29 is 14.3 Å². The molecule has 17 heavy (non-hydrogen) atoms. The van der Waals surface area contributed by atoms with Crippen LogP contribution in [0.2, 0.25) is 0 Å². The zero-order chi connectivity index (χ0) is 11.4. The molecule has 1 unspecified atom stereocenters. The summed E-state index contributed by atoms with van der Waals surface area (Å²) < 4.78 is 10.7. The van der Waals surface area contributed by atoms with Crippen molar-refractivity contribution in [1.82, 2.24) is 10.2 Å². The minimum absolute atomic E-state index is 0.116. The summed E-state index contributed by atoms with van der Waals surface area (Å²) in [5.41, 5.74) is 1.83. The van der Waals surface area contributed by atoms with Crippen LogP contribution in [-0.2, 0) is 0 Å². The molecule has 1 fully saturated rings. The lowest BCUT2D eigenvalue weighted by Gasteiger charge is -2.30. The summed E-state index contributed by atoms with van der Waals surface area (Å²) in [4.78, 5) is 14.2. The number of nitrogens with zero attached hydrogens (tertiary/aromatic N) is 1. The van der Waals surface area contributed by atoms with E-state index in [1.54, 1.807) is 0 Å². The van der Waals surface area contributed by atoms with Crippen molar-refractivity contribution in [3.8, 4) is 11.5 Å². The van der Waals surface area contributed by atoms with Crippen LogP contribution in [0, 0.1) is 0 Å². The van der Waals surface area contributed by atoms with Gasteiger partial charge in [0, 0.05) is 25.2 Å². The molecule has 1 N–H and O–H groups in total. The molecule has 1 aromatic rings. The lowest BCUT2D eigenvalue weighted by molar-refractivity contribution is 0.0690. The second-order valence-electron chi connectivity index (χ2n) is 4.51. The van der Waals surface area contributed by atoms with Gasteiger partial charge in [0.05, 0.1) is 6.04 Å². The normalized spacial score (nSPS) is 24.8. The van der Waals surface area contributed by atoms with E-state index < -0.39 is 0 Å². The van der Waals surface area contributed by atoms with Crippen LogP contribution in [0.3, 0.4) is 0 Å². The average molecular weight is 232 g/mol. The molecule has 1 amide bonds. The van der Waals surface area contributed by atoms with Crippen molar-refractivity contribution in [2.75, 3.05) is 26.4 Å². The van der Waals surface area contributed by atoms with E-state index in [0.29, 0.717) is 5.75 Å². The molecule has 0 bridgehead atoms. The van der Waals surface area contributed by atoms with Crippen LogP contribution >= 0.6 is 0 Å². The molecule has 1 aromatic carbocycles. The van der Waals surface area contributed by atoms with Crippen molar-refractivity contribution in [1.29, 1.82) is 0 Å². The largest absolute Gasteiger partial charge is 0.454 e. The molecule has 0 aromatic heterocycles. The Morgan fingerprint density at radius 3 is 3.00 bits per heavy atom. The Kier molecular flexibility index (Phi) is 1.71. The molecule has 3 aliphatic rings. The molecule has 3 heterocycles. The third-order valence-corrected chi connectivity index (χ3v) is 3.64. The van der Waals surface area contributed by atoms with Crippen LogP contribution in [0.25, 0.3) is 0 Å². The Hall–Kier alpha value is -1.75. The quantitative estimate of drug-likeness (QED) is 0.708. The van der Waals surface area contributed by atoms with Crippen molar-refractivity contribution in [3.63, 3.8) is 0 Å². The molecule has 0 saturated carbocycles. The predicted molar refractivity (Wildman–Crippen MR) is 59.2 cm³/mol. The number of nitrogens with one attached hydrogen (secondary N) is 1. The van der Waals surface area contributed by atoms with E-state index in [1.807, 2.05) is 17.0 Å². The van der Waals surface area contributed by atoms with Crippen LogP contribution < -0.4 is 14.8 Å². The molecule has 0 spiro atoms. The highest BCUT2D eigenvalue weighted by Gasteiger charge is 2.39. The van der Waals surface area contributed by atoms with Gasteiger partial charge in [-0.1, -0.05) is 0 Å². The van der Waals surface area contributed by atoms with Gasteiger partial charge >= 0.3 is 0 Å². The number of ether oxygens (including phenoxy) is 2. The summed E-state index contributed by atoms with van der Waals surface area (Å²) >= 11 is 0. The zero-order valence-electron chi connectivity index (χ0n) is 9.23. The van der Waals surface area contributed by atoms with E-state index >= 15 is 0 Å². The van der Waals surface area contributed by atoms with E-state index in [0.717, 1.165) is 36.5 Å². The summed E-state index contributed by atoms with van der Waals surface area (Å²) in [5.74, 6) is 1.55. The molecule has 1 atom stereocenters. The summed E-state index contributed by atoms with van der Waals surface area (Å²) in [6, 6.07) is 3.92. The zero-order valence-corrected chi connectivity index (χ0v) is 9.23. The number of amides is 1. The number of carbonyl (C=O) groups excluding carboxylic acids is 1. The topological polar surface area (TPSA) is 50.8 Å². The monoisotopic (exact) mass is 232 g/mol. The fourth-order valence-corrected chi connectivity index (χ4v) is 2.80. The summed E-state index contributed by atoms with van der Waals surface area (Å²) in [6.07, 6.45) is 0. The highest BCUT2D eigenvalue weighted by molar-refractivity contribution is 6.00. The molecular weight excluding hydrogens is 220 g/mol. The maximum Gasteiger partial charge on any atom is 0.254 e. The summed E-state index contributed by atoms with van der Waals surface area (Å²) in [7, 11) is 0. The van der Waals surface area contributed by atoms with E-state index in [-0.39, 0.29) is 18.7 Å². The van der Waals surface area contributed by atoms with Crippen LogP contribution in [0.5, 0.6) is 11.5 Å². The Morgan fingerprint density at radius 1 is 1.29 bits per heavy atom. The molecule has 88 valence electrons. The van der Waals surface area contributed by atoms with E-state index in [2.05, 4.69) is 5.32 Å². The number of rotatable bonds is 0. The first kappa shape index (κ1) is 9.30. The smallest absolute Gasteiger partial charge is 0.254 e. The Labute approximate surface area is 98.3 Å². The molecule has 1 saturated heterocycles. The Bertz CT molecular complexity index is 515. The molecule has 0 radical (unpaired) electrons. The van der Waals surface area contributed by atoms with Crippen LogP contribution in [-0.4, -0.2) is 37.2 Å². The minimum Gasteiger partial charge on any atom is -0.454 e. The lowest BCUT2D eigenvalue weighted by Crippen LogP contribution is -2.44. The molecule has 3 aliphatic heterocycles. The predicted octanol–water partition coefficient (Wildman–Crippen LogP) is 0.515. The third kappa shape index (κ3) is 1.14. The maximum absolute atomic E-state index is 12.2. The van der Waals surface area contributed by atoms with Gasteiger partial charge in [-0.15, -0.1) is 0 Å². The minimum atomic E-state index is 0.116. The van der Waals surface area contributed by atoms with Gasteiger partial charge in [-0.25, -0.2) is 0 Å². The van der Waals surface area contributed by atoms with Crippen LogP contribution in [0.15, 0.2) is 12.1 Å². The highest BCUT2D eigenvalue weighted by Crippen LogP contribution is 2.42. The number of fused-ring (bicyclic) bond motifs is 4. The fraction of sp³-hybridized carbons (Fsp3) is 0.417. The third-order valence-electron chi connectivity index (χ3n) is 3.64. The molecule has 5 nitrogen and oxygen atoms in total. The molecule has 5 heteroatoms. The van der Waals surface area contributed by atoms with Crippen molar-refractivity contribution in [2.45, 2.75) is 6.04 Å². The van der Waals surface area contributed by atoms with Gasteiger partial charge in [0.1, 0.15) is 0 Å². The number of piperazine rings is 1. The number of carbonyl (C=O) groups is 1. The Morgan fingerprint density at radius 2 is 2.12 bits per heavy atom. The van der Waals surface area contributed by atoms with Gasteiger partial charge in [-0.2, -0.15) is 0 Å². The first-order valence-electron chi connectivity index (χ1n) is 5.80. The highest BCUT2D eigenvalue weighted by atomic mass is 16.7. The van der Waals surface area contributed by atoms with Gasteiger partial charge in [-0.3, -0.25) is 4.79 Å². The van der Waals surface area contributed by atoms with Gasteiger partial charge in [0.25, 0.3) is 5.91 Å². The van der Waals surface area contributed by atoms with Gasteiger partial charge < -0.3 is 19.7 Å². The lowest BCUT2D eigenvalue weighted by atomic mass is 10.0. The van der Waals surface area contributed by atoms with Crippen molar-refractivity contribution in [3.05, 3.63) is 23.3 Å². The molecule has 4 rings (SSSR count). The van der Waals surface area contributed by atoms with Crippen LogP contribution in [0.4, 0.5) is 0 Å². The number of hydrogen-bond acceptors (Lipinski definition) is 4. The van der Waals surface area contributed by atoms with E-state index in [4.69, 9.17) is 9.47 Å². The van der Waals surface area contributed by atoms with Gasteiger partial charge in [0.15, 0.2) is 11.5 Å². The van der Waals surface area contributed by atoms with Crippen molar-refractivity contribution >= 4 is 5.91 Å². The second-order valence-corrected chi connectivity index (χ2v) is 4.51. The maximum atomic E-state index is 12.2. The van der Waals surface area contributed by atoms with Gasteiger partial charge in [-0.05, 0) is 17.7 Å². The Balaban J connectivity index is 1.87. The standard InChI is InChI=1S/C12H12N2O3/c15-12-8-4-11-10(16-6-17-11)3-7(8)9-5-13-1-2-14(9)12/h3-4,9,13H,1-2,5-6H2. The SMILES string of the molecule is O=C1c2cc3c(cc2C2CNCCN12)OCO3. The van der Waals surface area contributed by atoms with Gasteiger partial charge in [0.2, 0.25) is 6.79 Å². The number of benzene rings is 1.